The lowest BCUT2D eigenvalue weighted by molar-refractivity contribution is 0.0697. The van der Waals surface area contributed by atoms with E-state index in [2.05, 4.69) is 25.1 Å². The molecule has 0 atom stereocenters. The van der Waals surface area contributed by atoms with Crippen molar-refractivity contribution >= 4 is 29.2 Å². The number of nitrogens with zero attached hydrogens (tertiary/aromatic N) is 1. The molecule has 30 heavy (non-hydrogen) atoms. The topological polar surface area (TPSA) is 59.3 Å². The van der Waals surface area contributed by atoms with E-state index in [-0.39, 0.29) is 16.1 Å². The molecule has 4 nitrogen and oxygen atoms in total. The Balaban J connectivity index is 1.75. The van der Waals surface area contributed by atoms with Crippen LogP contribution in [0.4, 0.5) is 0 Å². The Hall–Kier alpha value is -2.56. The highest BCUT2D eigenvalue weighted by molar-refractivity contribution is 6.34. The van der Waals surface area contributed by atoms with Crippen LogP contribution >= 0.6 is 23.2 Å². The second-order valence-electron chi connectivity index (χ2n) is 7.34. The van der Waals surface area contributed by atoms with Crippen LogP contribution in [0.1, 0.15) is 39.2 Å². The highest BCUT2D eigenvalue weighted by Gasteiger charge is 2.13. The Bertz CT molecular complexity index is 1100. The molecular weight excluding hydrogens is 421 g/mol. The predicted molar refractivity (Wildman–Crippen MR) is 121 cm³/mol. The first-order valence-electron chi connectivity index (χ1n) is 9.80. The Morgan fingerprint density at radius 1 is 0.933 bits per heavy atom. The fraction of sp³-hybridized carbons (Fsp3) is 0.250. The van der Waals surface area contributed by atoms with E-state index < -0.39 is 5.97 Å². The Labute approximate surface area is 185 Å². The summed E-state index contributed by atoms with van der Waals surface area (Å²) in [4.78, 5) is 23.7. The van der Waals surface area contributed by atoms with Crippen molar-refractivity contribution in [3.05, 3.63) is 103 Å². The third-order valence-electron chi connectivity index (χ3n) is 5.09. The van der Waals surface area contributed by atoms with Gasteiger partial charge in [0.05, 0.1) is 10.6 Å². The first kappa shape index (κ1) is 22.1. The number of benzene rings is 2. The number of aryl methyl sites for hydroxylation is 3. The number of aromatic nitrogens is 1. The third kappa shape index (κ3) is 5.53. The molecule has 0 radical (unpaired) electrons. The van der Waals surface area contributed by atoms with E-state index in [0.717, 1.165) is 24.1 Å². The molecular formula is C24H23Cl2NO3. The zero-order valence-corrected chi connectivity index (χ0v) is 18.2. The van der Waals surface area contributed by atoms with Gasteiger partial charge in [0.1, 0.15) is 5.02 Å². The molecule has 3 rings (SSSR count). The van der Waals surface area contributed by atoms with Crippen molar-refractivity contribution in [1.29, 1.82) is 0 Å². The number of rotatable bonds is 8. The van der Waals surface area contributed by atoms with Crippen LogP contribution in [0.5, 0.6) is 0 Å². The van der Waals surface area contributed by atoms with Crippen molar-refractivity contribution in [2.24, 2.45) is 0 Å². The number of hydrogen-bond donors (Lipinski definition) is 1. The van der Waals surface area contributed by atoms with E-state index in [1.165, 1.54) is 17.2 Å². The molecule has 0 saturated heterocycles. The van der Waals surface area contributed by atoms with E-state index in [0.29, 0.717) is 24.4 Å². The molecule has 1 aromatic heterocycles. The van der Waals surface area contributed by atoms with Crippen molar-refractivity contribution in [3.8, 4) is 0 Å². The van der Waals surface area contributed by atoms with Gasteiger partial charge < -0.3 is 9.67 Å². The molecule has 0 saturated carbocycles. The van der Waals surface area contributed by atoms with Gasteiger partial charge in [-0.1, -0.05) is 65.2 Å². The molecule has 0 fully saturated rings. The van der Waals surface area contributed by atoms with Crippen molar-refractivity contribution < 1.29 is 9.90 Å². The molecule has 156 valence electrons. The Morgan fingerprint density at radius 2 is 1.67 bits per heavy atom. The van der Waals surface area contributed by atoms with Crippen LogP contribution in [0.15, 0.2) is 59.4 Å². The van der Waals surface area contributed by atoms with E-state index in [1.54, 1.807) is 28.8 Å². The SMILES string of the molecule is Cc1cccc(CCCc2c(Cl)cc(Cl)c(=O)n2CCc2ccc(C(=O)O)cc2)c1. The Morgan fingerprint density at radius 3 is 2.33 bits per heavy atom. The smallest absolute Gasteiger partial charge is 0.335 e. The van der Waals surface area contributed by atoms with Gasteiger partial charge in [-0.05, 0) is 61.9 Å². The fourth-order valence-corrected chi connectivity index (χ4v) is 4.08. The maximum Gasteiger partial charge on any atom is 0.335 e. The second-order valence-corrected chi connectivity index (χ2v) is 8.15. The fourth-order valence-electron chi connectivity index (χ4n) is 3.51. The zero-order valence-electron chi connectivity index (χ0n) is 16.7. The summed E-state index contributed by atoms with van der Waals surface area (Å²) in [7, 11) is 0. The predicted octanol–water partition coefficient (Wildman–Crippen LogP) is 5.58. The molecule has 2 aromatic carbocycles. The van der Waals surface area contributed by atoms with Gasteiger partial charge in [0.2, 0.25) is 0 Å². The van der Waals surface area contributed by atoms with Crippen LogP contribution in [0, 0.1) is 6.92 Å². The highest BCUT2D eigenvalue weighted by Crippen LogP contribution is 2.21. The molecule has 0 aliphatic rings. The minimum Gasteiger partial charge on any atom is -0.478 e. The van der Waals surface area contributed by atoms with Crippen LogP contribution in [0.25, 0.3) is 0 Å². The van der Waals surface area contributed by atoms with Crippen LogP contribution in [-0.2, 0) is 25.8 Å². The summed E-state index contributed by atoms with van der Waals surface area (Å²) in [6, 6.07) is 16.6. The summed E-state index contributed by atoms with van der Waals surface area (Å²) in [6.45, 7) is 2.49. The van der Waals surface area contributed by atoms with Crippen LogP contribution < -0.4 is 5.56 Å². The minimum atomic E-state index is -0.963. The van der Waals surface area contributed by atoms with Crippen LogP contribution in [0.2, 0.25) is 10.0 Å². The molecule has 0 unspecified atom stereocenters. The number of carbonyl (C=O) groups is 1. The maximum absolute atomic E-state index is 12.7. The summed E-state index contributed by atoms with van der Waals surface area (Å²) in [6.07, 6.45) is 2.99. The summed E-state index contributed by atoms with van der Waals surface area (Å²) >= 11 is 12.5. The van der Waals surface area contributed by atoms with Crippen molar-refractivity contribution in [2.45, 2.75) is 39.2 Å². The van der Waals surface area contributed by atoms with Gasteiger partial charge in [0, 0.05) is 12.2 Å². The molecule has 3 aromatic rings. The molecule has 1 N–H and O–H groups in total. The number of carboxylic acids is 1. The lowest BCUT2D eigenvalue weighted by Crippen LogP contribution is -2.25. The molecule has 1 heterocycles. The van der Waals surface area contributed by atoms with E-state index >= 15 is 0 Å². The van der Waals surface area contributed by atoms with E-state index in [9.17, 15) is 9.59 Å². The van der Waals surface area contributed by atoms with Gasteiger partial charge in [0.15, 0.2) is 0 Å². The number of carboxylic acid groups (broad SMARTS) is 1. The third-order valence-corrected chi connectivity index (χ3v) is 5.69. The summed E-state index contributed by atoms with van der Waals surface area (Å²) < 4.78 is 1.64. The van der Waals surface area contributed by atoms with Gasteiger partial charge in [-0.15, -0.1) is 0 Å². The van der Waals surface area contributed by atoms with Gasteiger partial charge in [0.25, 0.3) is 5.56 Å². The first-order valence-corrected chi connectivity index (χ1v) is 10.6. The number of halogens is 2. The number of aromatic carboxylic acids is 1. The molecule has 0 bridgehead atoms. The second kappa shape index (κ2) is 9.96. The standard InChI is InChI=1S/C24H23Cl2NO3/c1-16-4-2-5-18(14-16)6-3-7-22-20(25)15-21(26)23(28)27(22)13-12-17-8-10-19(11-9-17)24(29)30/h2,4-5,8-11,14-15H,3,6-7,12-13H2,1H3,(H,29,30). The summed E-state index contributed by atoms with van der Waals surface area (Å²) in [5.74, 6) is -0.963. The average molecular weight is 444 g/mol. The highest BCUT2D eigenvalue weighted by atomic mass is 35.5. The van der Waals surface area contributed by atoms with Gasteiger partial charge in [-0.25, -0.2) is 4.79 Å². The van der Waals surface area contributed by atoms with Gasteiger partial charge in [-0.2, -0.15) is 0 Å². The largest absolute Gasteiger partial charge is 0.478 e. The lowest BCUT2D eigenvalue weighted by atomic mass is 10.0. The molecule has 0 spiro atoms. The van der Waals surface area contributed by atoms with Crippen molar-refractivity contribution in [2.75, 3.05) is 0 Å². The van der Waals surface area contributed by atoms with E-state index in [4.69, 9.17) is 28.3 Å². The normalized spacial score (nSPS) is 10.9. The van der Waals surface area contributed by atoms with Crippen LogP contribution in [0.3, 0.4) is 0 Å². The average Bonchev–Trinajstić information content (AvgIpc) is 2.71. The van der Waals surface area contributed by atoms with Gasteiger partial charge >= 0.3 is 5.97 Å². The first-order chi connectivity index (χ1) is 14.3. The molecule has 0 aliphatic carbocycles. The Kier molecular flexibility index (Phi) is 7.35. The van der Waals surface area contributed by atoms with Gasteiger partial charge in [-0.3, -0.25) is 4.79 Å². The van der Waals surface area contributed by atoms with Crippen molar-refractivity contribution in [3.63, 3.8) is 0 Å². The minimum absolute atomic E-state index is 0.101. The summed E-state index contributed by atoms with van der Waals surface area (Å²) in [5, 5.41) is 9.61. The number of pyridine rings is 1. The zero-order chi connectivity index (χ0) is 21.7. The monoisotopic (exact) mass is 443 g/mol. The lowest BCUT2D eigenvalue weighted by Gasteiger charge is -2.15. The summed E-state index contributed by atoms with van der Waals surface area (Å²) in [5.41, 5.74) is 4.18. The van der Waals surface area contributed by atoms with E-state index in [1.807, 2.05) is 6.07 Å². The molecule has 0 amide bonds. The molecule has 0 aliphatic heterocycles. The number of hydrogen-bond acceptors (Lipinski definition) is 2. The van der Waals surface area contributed by atoms with Crippen LogP contribution in [-0.4, -0.2) is 15.6 Å². The van der Waals surface area contributed by atoms with Crippen molar-refractivity contribution in [1.82, 2.24) is 4.57 Å². The maximum atomic E-state index is 12.7. The quantitative estimate of drug-likeness (QED) is 0.494. The molecule has 6 heteroatoms.